The Bertz CT molecular complexity index is 685. The van der Waals surface area contributed by atoms with Crippen LogP contribution in [-0.2, 0) is 20.9 Å². The highest BCUT2D eigenvalue weighted by Crippen LogP contribution is 2.08. The van der Waals surface area contributed by atoms with E-state index >= 15 is 0 Å². The quantitative estimate of drug-likeness (QED) is 0.601. The third-order valence-electron chi connectivity index (χ3n) is 3.90. The van der Waals surface area contributed by atoms with Crippen molar-refractivity contribution in [3.05, 3.63) is 35.9 Å². The summed E-state index contributed by atoms with van der Waals surface area (Å²) in [6, 6.07) is 9.22. The minimum Gasteiger partial charge on any atom is -0.445 e. The molecule has 0 aliphatic heterocycles. The summed E-state index contributed by atoms with van der Waals surface area (Å²) in [7, 11) is 0. The molecule has 0 aliphatic rings. The van der Waals surface area contributed by atoms with Crippen molar-refractivity contribution in [3.8, 4) is 6.07 Å². The summed E-state index contributed by atoms with van der Waals surface area (Å²) < 4.78 is 5.13. The molecule has 0 radical (unpaired) electrons. The topological polar surface area (TPSA) is 134 Å². The van der Waals surface area contributed by atoms with Crippen molar-refractivity contribution in [3.63, 3.8) is 0 Å². The number of ether oxygens (including phenoxy) is 1. The zero-order valence-electron chi connectivity index (χ0n) is 15.8. The first-order valence-electron chi connectivity index (χ1n) is 8.71. The lowest BCUT2D eigenvalue weighted by Crippen LogP contribution is -2.55. The first-order valence-corrected chi connectivity index (χ1v) is 8.71. The SMILES string of the molecule is CC(C)[C@@H](NC(=O)OCc1ccccc1)C(=O)N[C@H](C[C@H](C)C#N)C(N)=O. The Hall–Kier alpha value is -3.08. The van der Waals surface area contributed by atoms with Gasteiger partial charge in [-0.3, -0.25) is 9.59 Å². The Morgan fingerprint density at radius 1 is 1.15 bits per heavy atom. The number of nitrogens with zero attached hydrogens (tertiary/aromatic N) is 1. The molecular weight excluding hydrogens is 348 g/mol. The zero-order chi connectivity index (χ0) is 20.4. The van der Waals surface area contributed by atoms with E-state index in [9.17, 15) is 14.4 Å². The fourth-order valence-corrected chi connectivity index (χ4v) is 2.34. The van der Waals surface area contributed by atoms with Crippen LogP contribution in [0.5, 0.6) is 0 Å². The molecule has 0 bridgehead atoms. The number of amides is 3. The molecule has 0 heterocycles. The maximum Gasteiger partial charge on any atom is 0.408 e. The van der Waals surface area contributed by atoms with E-state index in [4.69, 9.17) is 15.7 Å². The van der Waals surface area contributed by atoms with Crippen molar-refractivity contribution < 1.29 is 19.1 Å². The second kappa shape index (κ2) is 10.8. The fourth-order valence-electron chi connectivity index (χ4n) is 2.34. The van der Waals surface area contributed by atoms with Crippen LogP contribution in [0.15, 0.2) is 30.3 Å². The molecule has 0 aromatic heterocycles. The number of alkyl carbamates (subject to hydrolysis) is 1. The van der Waals surface area contributed by atoms with E-state index in [0.29, 0.717) is 0 Å². The molecule has 0 spiro atoms. The molecule has 3 atom stereocenters. The molecule has 0 unspecified atom stereocenters. The van der Waals surface area contributed by atoms with Crippen molar-refractivity contribution in [2.24, 2.45) is 17.6 Å². The van der Waals surface area contributed by atoms with Crippen LogP contribution in [0.3, 0.4) is 0 Å². The van der Waals surface area contributed by atoms with E-state index in [0.717, 1.165) is 5.56 Å². The van der Waals surface area contributed by atoms with Gasteiger partial charge < -0.3 is 21.1 Å². The van der Waals surface area contributed by atoms with Gasteiger partial charge in [0.05, 0.1) is 6.07 Å². The van der Waals surface area contributed by atoms with E-state index in [1.54, 1.807) is 20.8 Å². The lowest BCUT2D eigenvalue weighted by atomic mass is 10.00. The normalized spacial score (nSPS) is 13.7. The van der Waals surface area contributed by atoms with Crippen molar-refractivity contribution in [2.45, 2.75) is 45.9 Å². The minimum atomic E-state index is -0.990. The standard InChI is InChI=1S/C19H26N4O4/c1-12(2)16(18(25)22-15(17(21)24)9-13(3)10-20)23-19(26)27-11-14-7-5-4-6-8-14/h4-8,12-13,15-16H,9,11H2,1-3H3,(H2,21,24)(H,22,25)(H,23,26)/t13-,15+,16+/m0/s1. The Morgan fingerprint density at radius 2 is 1.78 bits per heavy atom. The monoisotopic (exact) mass is 374 g/mol. The highest BCUT2D eigenvalue weighted by molar-refractivity contribution is 5.90. The van der Waals surface area contributed by atoms with E-state index in [-0.39, 0.29) is 18.9 Å². The van der Waals surface area contributed by atoms with E-state index < -0.39 is 35.9 Å². The van der Waals surface area contributed by atoms with Crippen LogP contribution in [0.25, 0.3) is 0 Å². The molecule has 3 amide bonds. The van der Waals surface area contributed by atoms with Crippen molar-refractivity contribution in [2.75, 3.05) is 0 Å². The number of rotatable bonds is 9. The van der Waals surface area contributed by atoms with Crippen molar-refractivity contribution in [1.29, 1.82) is 5.26 Å². The predicted octanol–water partition coefficient (Wildman–Crippen LogP) is 1.46. The maximum atomic E-state index is 12.5. The number of benzene rings is 1. The first-order chi connectivity index (χ1) is 12.7. The second-order valence-electron chi connectivity index (χ2n) is 6.66. The van der Waals surface area contributed by atoms with Gasteiger partial charge in [0.25, 0.3) is 0 Å². The van der Waals surface area contributed by atoms with Gasteiger partial charge in [-0.05, 0) is 24.8 Å². The third-order valence-corrected chi connectivity index (χ3v) is 3.90. The van der Waals surface area contributed by atoms with Crippen LogP contribution in [-0.4, -0.2) is 30.0 Å². The molecule has 1 aromatic rings. The number of nitrogens with two attached hydrogens (primary N) is 1. The van der Waals surface area contributed by atoms with E-state index in [2.05, 4.69) is 10.6 Å². The number of hydrogen-bond acceptors (Lipinski definition) is 5. The molecule has 0 saturated heterocycles. The molecule has 146 valence electrons. The van der Waals surface area contributed by atoms with Gasteiger partial charge in [0.15, 0.2) is 0 Å². The van der Waals surface area contributed by atoms with Gasteiger partial charge in [-0.15, -0.1) is 0 Å². The Morgan fingerprint density at radius 3 is 2.30 bits per heavy atom. The molecule has 0 fully saturated rings. The van der Waals surface area contributed by atoms with Crippen LogP contribution < -0.4 is 16.4 Å². The smallest absolute Gasteiger partial charge is 0.408 e. The summed E-state index contributed by atoms with van der Waals surface area (Å²) in [6.07, 6.45) is -0.644. The Balaban J connectivity index is 2.67. The average molecular weight is 374 g/mol. The van der Waals surface area contributed by atoms with E-state index in [1.807, 2.05) is 36.4 Å². The fraction of sp³-hybridized carbons (Fsp3) is 0.474. The molecule has 0 saturated carbocycles. The summed E-state index contributed by atoms with van der Waals surface area (Å²) >= 11 is 0. The molecule has 4 N–H and O–H groups in total. The number of hydrogen-bond donors (Lipinski definition) is 3. The Labute approximate surface area is 159 Å². The van der Waals surface area contributed by atoms with Crippen molar-refractivity contribution >= 4 is 17.9 Å². The largest absolute Gasteiger partial charge is 0.445 e. The zero-order valence-corrected chi connectivity index (χ0v) is 15.8. The van der Waals surface area contributed by atoms with Gasteiger partial charge >= 0.3 is 6.09 Å². The second-order valence-corrected chi connectivity index (χ2v) is 6.66. The van der Waals surface area contributed by atoms with Crippen molar-refractivity contribution in [1.82, 2.24) is 10.6 Å². The molecule has 27 heavy (non-hydrogen) atoms. The van der Waals surface area contributed by atoms with Gasteiger partial charge in [0.2, 0.25) is 11.8 Å². The first kappa shape index (κ1) is 22.0. The van der Waals surface area contributed by atoms with Crippen LogP contribution in [0.2, 0.25) is 0 Å². The number of carbonyl (C=O) groups excluding carboxylic acids is 3. The average Bonchev–Trinajstić information content (AvgIpc) is 2.64. The lowest BCUT2D eigenvalue weighted by molar-refractivity contribution is -0.129. The van der Waals surface area contributed by atoms with Gasteiger partial charge in [0.1, 0.15) is 18.7 Å². The predicted molar refractivity (Wildman–Crippen MR) is 98.9 cm³/mol. The summed E-state index contributed by atoms with van der Waals surface area (Å²) in [6.45, 7) is 5.20. The number of nitriles is 1. The van der Waals surface area contributed by atoms with Gasteiger partial charge in [-0.2, -0.15) is 5.26 Å². The highest BCUT2D eigenvalue weighted by Gasteiger charge is 2.29. The molecule has 8 heteroatoms. The summed E-state index contributed by atoms with van der Waals surface area (Å²) in [4.78, 5) is 36.1. The van der Waals surface area contributed by atoms with Crippen LogP contribution in [0.4, 0.5) is 4.79 Å². The number of carbonyl (C=O) groups is 3. The summed E-state index contributed by atoms with van der Waals surface area (Å²) in [5.74, 6) is -2.00. The molecule has 0 aliphatic carbocycles. The van der Waals surface area contributed by atoms with Crippen LogP contribution in [0.1, 0.15) is 32.8 Å². The molecule has 1 rings (SSSR count). The third kappa shape index (κ3) is 7.77. The molecular formula is C19H26N4O4. The summed E-state index contributed by atoms with van der Waals surface area (Å²) in [5, 5.41) is 13.9. The number of nitrogens with one attached hydrogen (secondary N) is 2. The van der Waals surface area contributed by atoms with Gasteiger partial charge in [0, 0.05) is 5.92 Å². The highest BCUT2D eigenvalue weighted by atomic mass is 16.5. The number of primary amides is 1. The molecule has 8 nitrogen and oxygen atoms in total. The molecule has 1 aromatic carbocycles. The minimum absolute atomic E-state index is 0.0721. The van der Waals surface area contributed by atoms with Gasteiger partial charge in [-0.1, -0.05) is 44.2 Å². The maximum absolute atomic E-state index is 12.5. The summed E-state index contributed by atoms with van der Waals surface area (Å²) in [5.41, 5.74) is 6.12. The lowest BCUT2D eigenvalue weighted by Gasteiger charge is -2.24. The van der Waals surface area contributed by atoms with Crippen LogP contribution >= 0.6 is 0 Å². The van der Waals surface area contributed by atoms with E-state index in [1.165, 1.54) is 0 Å². The van der Waals surface area contributed by atoms with Gasteiger partial charge in [-0.25, -0.2) is 4.79 Å². The van der Waals surface area contributed by atoms with Crippen LogP contribution in [0, 0.1) is 23.2 Å². The Kier molecular flexibility index (Phi) is 8.79.